The molecular formula is C17H13FN4S. The van der Waals surface area contributed by atoms with E-state index in [0.717, 1.165) is 44.9 Å². The van der Waals surface area contributed by atoms with Crippen LogP contribution in [0.3, 0.4) is 0 Å². The summed E-state index contributed by atoms with van der Waals surface area (Å²) in [5.41, 5.74) is 3.01. The molecule has 0 amide bonds. The molecule has 0 saturated heterocycles. The van der Waals surface area contributed by atoms with Gasteiger partial charge in [0, 0.05) is 17.4 Å². The van der Waals surface area contributed by atoms with Gasteiger partial charge in [-0.25, -0.2) is 4.39 Å². The van der Waals surface area contributed by atoms with E-state index in [1.165, 1.54) is 6.07 Å². The number of nitrogens with zero attached hydrogens (tertiary/aromatic N) is 3. The Bertz CT molecular complexity index is 960. The highest BCUT2D eigenvalue weighted by atomic mass is 32.1. The maximum atomic E-state index is 13.2. The molecular weight excluding hydrogens is 311 g/mol. The van der Waals surface area contributed by atoms with Crippen LogP contribution >= 0.6 is 11.3 Å². The summed E-state index contributed by atoms with van der Waals surface area (Å²) in [6, 6.07) is 12.7. The molecule has 4 aromatic rings. The number of aromatic amines is 1. The van der Waals surface area contributed by atoms with Crippen molar-refractivity contribution < 1.29 is 4.39 Å². The third kappa shape index (κ3) is 2.98. The topological polar surface area (TPSA) is 54.5 Å². The van der Waals surface area contributed by atoms with Crippen molar-refractivity contribution >= 4 is 22.2 Å². The zero-order valence-corrected chi connectivity index (χ0v) is 13.0. The van der Waals surface area contributed by atoms with Crippen LogP contribution in [0, 0.1) is 5.82 Å². The van der Waals surface area contributed by atoms with E-state index >= 15 is 0 Å². The van der Waals surface area contributed by atoms with Crippen molar-refractivity contribution in [3.05, 3.63) is 65.0 Å². The molecule has 6 heteroatoms. The molecule has 0 spiro atoms. The summed E-state index contributed by atoms with van der Waals surface area (Å²) in [5, 5.41) is 18.4. The van der Waals surface area contributed by atoms with Crippen LogP contribution in [0.25, 0.3) is 21.5 Å². The number of halogens is 1. The molecule has 2 aromatic carbocycles. The van der Waals surface area contributed by atoms with Gasteiger partial charge in [-0.2, -0.15) is 5.10 Å². The van der Waals surface area contributed by atoms with Crippen LogP contribution in [0.2, 0.25) is 0 Å². The molecule has 2 aromatic heterocycles. The average Bonchev–Trinajstić information content (AvgIpc) is 3.21. The van der Waals surface area contributed by atoms with Crippen LogP contribution in [-0.2, 0) is 12.8 Å². The van der Waals surface area contributed by atoms with Gasteiger partial charge in [0.1, 0.15) is 15.8 Å². The molecule has 23 heavy (non-hydrogen) atoms. The van der Waals surface area contributed by atoms with Gasteiger partial charge in [0.2, 0.25) is 0 Å². The number of benzene rings is 2. The van der Waals surface area contributed by atoms with Crippen molar-refractivity contribution in [3.8, 4) is 10.6 Å². The van der Waals surface area contributed by atoms with Gasteiger partial charge >= 0.3 is 0 Å². The smallest absolute Gasteiger partial charge is 0.147 e. The van der Waals surface area contributed by atoms with Crippen molar-refractivity contribution in [1.82, 2.24) is 20.4 Å². The lowest BCUT2D eigenvalue weighted by Crippen LogP contribution is -1.91. The van der Waals surface area contributed by atoms with E-state index in [1.54, 1.807) is 29.7 Å². The van der Waals surface area contributed by atoms with E-state index in [0.29, 0.717) is 0 Å². The second-order valence-electron chi connectivity index (χ2n) is 5.30. The molecule has 0 aliphatic heterocycles. The van der Waals surface area contributed by atoms with Crippen LogP contribution in [0.1, 0.15) is 10.6 Å². The van der Waals surface area contributed by atoms with Crippen LogP contribution < -0.4 is 0 Å². The number of hydrogen-bond donors (Lipinski definition) is 1. The van der Waals surface area contributed by atoms with Gasteiger partial charge in [-0.05, 0) is 42.3 Å². The van der Waals surface area contributed by atoms with Gasteiger partial charge in [-0.15, -0.1) is 10.2 Å². The molecule has 0 fully saturated rings. The number of fused-ring (bicyclic) bond motifs is 1. The average molecular weight is 324 g/mol. The molecule has 0 atom stereocenters. The first-order valence-corrected chi connectivity index (χ1v) is 8.10. The van der Waals surface area contributed by atoms with Crippen molar-refractivity contribution in [2.75, 3.05) is 0 Å². The number of H-pyrrole nitrogens is 1. The molecule has 4 nitrogen and oxygen atoms in total. The number of rotatable bonds is 4. The van der Waals surface area contributed by atoms with E-state index in [-0.39, 0.29) is 5.82 Å². The lowest BCUT2D eigenvalue weighted by atomic mass is 10.1. The maximum Gasteiger partial charge on any atom is 0.147 e. The standard InChI is InChI=1S/C17H13FN4S/c18-14-3-1-2-11(8-14)4-7-16-21-22-17(23-16)12-5-6-15-13(9-12)10-19-20-15/h1-3,5-6,8-10H,4,7H2,(H,19,20). The number of nitrogens with one attached hydrogen (secondary N) is 1. The molecule has 114 valence electrons. The Morgan fingerprint density at radius 3 is 2.91 bits per heavy atom. The Morgan fingerprint density at radius 2 is 2.00 bits per heavy atom. The monoisotopic (exact) mass is 324 g/mol. The summed E-state index contributed by atoms with van der Waals surface area (Å²) in [4.78, 5) is 0. The minimum atomic E-state index is -0.200. The molecule has 0 unspecified atom stereocenters. The SMILES string of the molecule is Fc1cccc(CCc2nnc(-c3ccc4[nH]ncc4c3)s2)c1. The number of hydrogen-bond acceptors (Lipinski definition) is 4. The fraction of sp³-hybridized carbons (Fsp3) is 0.118. The van der Waals surface area contributed by atoms with E-state index < -0.39 is 0 Å². The fourth-order valence-electron chi connectivity index (χ4n) is 2.49. The van der Waals surface area contributed by atoms with Gasteiger partial charge in [-0.3, -0.25) is 5.10 Å². The van der Waals surface area contributed by atoms with Crippen LogP contribution in [-0.4, -0.2) is 20.4 Å². The van der Waals surface area contributed by atoms with Gasteiger partial charge in [0.25, 0.3) is 0 Å². The molecule has 0 bridgehead atoms. The molecule has 0 aliphatic rings. The molecule has 4 rings (SSSR count). The van der Waals surface area contributed by atoms with Crippen molar-refractivity contribution in [3.63, 3.8) is 0 Å². The van der Waals surface area contributed by atoms with Gasteiger partial charge in [-0.1, -0.05) is 23.5 Å². The zero-order valence-electron chi connectivity index (χ0n) is 12.2. The minimum Gasteiger partial charge on any atom is -0.278 e. The van der Waals surface area contributed by atoms with E-state index in [2.05, 4.69) is 26.5 Å². The Morgan fingerprint density at radius 1 is 1.04 bits per heavy atom. The normalized spacial score (nSPS) is 11.2. The third-order valence-electron chi connectivity index (χ3n) is 3.67. The minimum absolute atomic E-state index is 0.200. The second kappa shape index (κ2) is 5.89. The van der Waals surface area contributed by atoms with Crippen LogP contribution in [0.5, 0.6) is 0 Å². The summed E-state index contributed by atoms with van der Waals surface area (Å²) >= 11 is 1.57. The predicted molar refractivity (Wildman–Crippen MR) is 88.8 cm³/mol. The molecule has 2 heterocycles. The van der Waals surface area contributed by atoms with Crippen molar-refractivity contribution in [1.29, 1.82) is 0 Å². The summed E-state index contributed by atoms with van der Waals surface area (Å²) in [5.74, 6) is -0.200. The lowest BCUT2D eigenvalue weighted by Gasteiger charge is -1.98. The van der Waals surface area contributed by atoms with Crippen molar-refractivity contribution in [2.45, 2.75) is 12.8 Å². The van der Waals surface area contributed by atoms with Crippen LogP contribution in [0.15, 0.2) is 48.7 Å². The van der Waals surface area contributed by atoms with Gasteiger partial charge in [0.15, 0.2) is 0 Å². The Labute approximate surface area is 136 Å². The molecule has 0 radical (unpaired) electrons. The Balaban J connectivity index is 1.52. The van der Waals surface area contributed by atoms with Crippen molar-refractivity contribution in [2.24, 2.45) is 0 Å². The highest BCUT2D eigenvalue weighted by molar-refractivity contribution is 7.14. The van der Waals surface area contributed by atoms with E-state index in [1.807, 2.05) is 18.2 Å². The Hall–Kier alpha value is -2.60. The van der Waals surface area contributed by atoms with Gasteiger partial charge in [0.05, 0.1) is 11.7 Å². The third-order valence-corrected chi connectivity index (χ3v) is 4.70. The predicted octanol–water partition coefficient (Wildman–Crippen LogP) is 4.01. The maximum absolute atomic E-state index is 13.2. The summed E-state index contributed by atoms with van der Waals surface area (Å²) in [6.07, 6.45) is 3.31. The molecule has 1 N–H and O–H groups in total. The number of aromatic nitrogens is 4. The highest BCUT2D eigenvalue weighted by Gasteiger charge is 2.08. The number of aryl methyl sites for hydroxylation is 2. The summed E-state index contributed by atoms with van der Waals surface area (Å²) in [6.45, 7) is 0. The fourth-order valence-corrected chi connectivity index (χ4v) is 3.33. The highest BCUT2D eigenvalue weighted by Crippen LogP contribution is 2.26. The lowest BCUT2D eigenvalue weighted by molar-refractivity contribution is 0.625. The zero-order chi connectivity index (χ0) is 15.6. The second-order valence-corrected chi connectivity index (χ2v) is 6.36. The summed E-state index contributed by atoms with van der Waals surface area (Å²) in [7, 11) is 0. The first kappa shape index (κ1) is 14.0. The molecule has 0 aliphatic carbocycles. The summed E-state index contributed by atoms with van der Waals surface area (Å²) < 4.78 is 13.2. The molecule has 0 saturated carbocycles. The Kier molecular flexibility index (Phi) is 3.59. The van der Waals surface area contributed by atoms with E-state index in [4.69, 9.17) is 0 Å². The van der Waals surface area contributed by atoms with Gasteiger partial charge < -0.3 is 0 Å². The first-order valence-electron chi connectivity index (χ1n) is 7.28. The van der Waals surface area contributed by atoms with Crippen LogP contribution in [0.4, 0.5) is 4.39 Å². The quantitative estimate of drug-likeness (QED) is 0.617. The van der Waals surface area contributed by atoms with E-state index in [9.17, 15) is 4.39 Å². The largest absolute Gasteiger partial charge is 0.278 e. The first-order chi connectivity index (χ1) is 11.3.